The van der Waals surface area contributed by atoms with E-state index in [1.807, 2.05) is 31.2 Å². The van der Waals surface area contributed by atoms with E-state index in [1.54, 1.807) is 11.0 Å². The van der Waals surface area contributed by atoms with Crippen molar-refractivity contribution in [2.24, 2.45) is 5.41 Å². The van der Waals surface area contributed by atoms with Crippen molar-refractivity contribution in [1.29, 1.82) is 0 Å². The molecule has 1 aromatic carbocycles. The molecule has 0 aliphatic carbocycles. The fourth-order valence-electron chi connectivity index (χ4n) is 3.87. The number of carbonyl (C=O) groups excluding carboxylic acids is 1. The van der Waals surface area contributed by atoms with Gasteiger partial charge in [-0.1, -0.05) is 24.3 Å². The number of carbonyl (C=O) groups is 2. The van der Waals surface area contributed by atoms with Crippen molar-refractivity contribution in [2.45, 2.75) is 32.6 Å². The first-order valence-electron chi connectivity index (χ1n) is 8.65. The predicted octanol–water partition coefficient (Wildman–Crippen LogP) is 3.29. The molecule has 1 aliphatic rings. The summed E-state index contributed by atoms with van der Waals surface area (Å²) >= 11 is 0. The smallest absolute Gasteiger partial charge is 0.311 e. The number of carboxylic acids is 1. The van der Waals surface area contributed by atoms with Gasteiger partial charge in [0.05, 0.1) is 11.8 Å². The van der Waals surface area contributed by atoms with Gasteiger partial charge in [0.15, 0.2) is 0 Å². The molecule has 132 valence electrons. The summed E-state index contributed by atoms with van der Waals surface area (Å²) in [6.07, 6.45) is 3.62. The Morgan fingerprint density at radius 2 is 2.16 bits per heavy atom. The number of aromatic nitrogens is 1. The molecule has 0 radical (unpaired) electrons. The molecule has 1 saturated heterocycles. The Labute approximate surface area is 147 Å². The molecule has 0 saturated carbocycles. The SMILES string of the molecule is C=CCC1(C(=O)O)CCCN(C(=O)Cc2c(C)[nH]c3ccccc23)C1. The van der Waals surface area contributed by atoms with Gasteiger partial charge in [-0.3, -0.25) is 9.59 Å². The van der Waals surface area contributed by atoms with Crippen molar-refractivity contribution in [3.05, 3.63) is 48.2 Å². The minimum atomic E-state index is -0.898. The van der Waals surface area contributed by atoms with Crippen LogP contribution >= 0.6 is 0 Å². The number of rotatable bonds is 5. The number of benzene rings is 1. The van der Waals surface area contributed by atoms with Crippen LogP contribution < -0.4 is 0 Å². The van der Waals surface area contributed by atoms with Gasteiger partial charge >= 0.3 is 5.97 Å². The number of aliphatic carboxylic acids is 1. The van der Waals surface area contributed by atoms with Gasteiger partial charge in [0.25, 0.3) is 0 Å². The summed E-state index contributed by atoms with van der Waals surface area (Å²) in [5.41, 5.74) is 2.11. The van der Waals surface area contributed by atoms with Gasteiger partial charge in [0, 0.05) is 29.7 Å². The number of nitrogens with one attached hydrogen (secondary N) is 1. The monoisotopic (exact) mass is 340 g/mol. The summed E-state index contributed by atoms with van der Waals surface area (Å²) in [5, 5.41) is 10.7. The molecule has 1 fully saturated rings. The summed E-state index contributed by atoms with van der Waals surface area (Å²) in [5.74, 6) is -0.851. The Hall–Kier alpha value is -2.56. The van der Waals surface area contributed by atoms with E-state index in [-0.39, 0.29) is 12.5 Å². The number of fused-ring (bicyclic) bond motifs is 1. The van der Waals surface area contributed by atoms with Gasteiger partial charge in [0.2, 0.25) is 5.91 Å². The summed E-state index contributed by atoms with van der Waals surface area (Å²) in [6.45, 7) is 6.53. The number of piperidine rings is 1. The van der Waals surface area contributed by atoms with Crippen LogP contribution in [0.2, 0.25) is 0 Å². The van der Waals surface area contributed by atoms with E-state index in [2.05, 4.69) is 11.6 Å². The predicted molar refractivity (Wildman–Crippen MR) is 97.4 cm³/mol. The number of hydrogen-bond acceptors (Lipinski definition) is 2. The molecule has 3 rings (SSSR count). The van der Waals surface area contributed by atoms with Gasteiger partial charge < -0.3 is 15.0 Å². The largest absolute Gasteiger partial charge is 0.481 e. The van der Waals surface area contributed by atoms with Crippen LogP contribution in [0.4, 0.5) is 0 Å². The second kappa shape index (κ2) is 6.75. The van der Waals surface area contributed by atoms with Crippen LogP contribution in [0.25, 0.3) is 10.9 Å². The van der Waals surface area contributed by atoms with Crippen LogP contribution in [0.3, 0.4) is 0 Å². The van der Waals surface area contributed by atoms with E-state index >= 15 is 0 Å². The zero-order valence-electron chi connectivity index (χ0n) is 14.5. The van der Waals surface area contributed by atoms with Gasteiger partial charge in [0.1, 0.15) is 0 Å². The molecule has 5 heteroatoms. The number of carboxylic acid groups (broad SMARTS) is 1. The van der Waals surface area contributed by atoms with Crippen LogP contribution in [-0.2, 0) is 16.0 Å². The quantitative estimate of drug-likeness (QED) is 0.820. The summed E-state index contributed by atoms with van der Waals surface area (Å²) in [6, 6.07) is 7.93. The fraction of sp³-hybridized carbons (Fsp3) is 0.400. The van der Waals surface area contributed by atoms with E-state index in [0.29, 0.717) is 32.2 Å². The fourth-order valence-corrected chi connectivity index (χ4v) is 3.87. The molecule has 5 nitrogen and oxygen atoms in total. The Morgan fingerprint density at radius 3 is 2.88 bits per heavy atom. The van der Waals surface area contributed by atoms with E-state index in [4.69, 9.17) is 0 Å². The molecule has 1 aromatic heterocycles. The molecule has 1 amide bonds. The van der Waals surface area contributed by atoms with Gasteiger partial charge in [-0.25, -0.2) is 0 Å². The maximum atomic E-state index is 12.9. The zero-order valence-corrected chi connectivity index (χ0v) is 14.5. The van der Waals surface area contributed by atoms with Crippen LogP contribution in [0.1, 0.15) is 30.5 Å². The second-order valence-corrected chi connectivity index (χ2v) is 6.95. The minimum absolute atomic E-state index is 0.0118. The number of likely N-dealkylation sites (tertiary alicyclic amines) is 1. The first kappa shape index (κ1) is 17.3. The molecular formula is C20H24N2O3. The Balaban J connectivity index is 1.82. The molecule has 2 aromatic rings. The molecule has 1 aliphatic heterocycles. The van der Waals surface area contributed by atoms with Crippen molar-refractivity contribution in [2.75, 3.05) is 13.1 Å². The Kier molecular flexibility index (Phi) is 4.66. The topological polar surface area (TPSA) is 73.4 Å². The van der Waals surface area contributed by atoms with Crippen LogP contribution in [0, 0.1) is 12.3 Å². The van der Waals surface area contributed by atoms with Crippen LogP contribution in [-0.4, -0.2) is 40.0 Å². The van der Waals surface area contributed by atoms with Crippen molar-refractivity contribution in [1.82, 2.24) is 9.88 Å². The van der Waals surface area contributed by atoms with Gasteiger partial charge in [-0.2, -0.15) is 0 Å². The third kappa shape index (κ3) is 3.18. The van der Waals surface area contributed by atoms with Crippen LogP contribution in [0.15, 0.2) is 36.9 Å². The minimum Gasteiger partial charge on any atom is -0.481 e. The molecule has 25 heavy (non-hydrogen) atoms. The standard InChI is InChI=1S/C20H24N2O3/c1-3-9-20(19(24)25)10-6-11-22(13-20)18(23)12-16-14(2)21-17-8-5-4-7-15(16)17/h3-5,7-8,21H,1,6,9-13H2,2H3,(H,24,25). The molecule has 1 atom stereocenters. The lowest BCUT2D eigenvalue weighted by atomic mass is 9.77. The molecular weight excluding hydrogens is 316 g/mol. The highest BCUT2D eigenvalue weighted by Crippen LogP contribution is 2.35. The third-order valence-electron chi connectivity index (χ3n) is 5.27. The normalized spacial score (nSPS) is 20.6. The third-order valence-corrected chi connectivity index (χ3v) is 5.27. The van der Waals surface area contributed by atoms with Crippen molar-refractivity contribution in [3.8, 4) is 0 Å². The van der Waals surface area contributed by atoms with Crippen molar-refractivity contribution in [3.63, 3.8) is 0 Å². The first-order valence-corrected chi connectivity index (χ1v) is 8.65. The maximum absolute atomic E-state index is 12.9. The number of H-pyrrole nitrogens is 1. The van der Waals surface area contributed by atoms with Crippen molar-refractivity contribution >= 4 is 22.8 Å². The number of allylic oxidation sites excluding steroid dienone is 1. The lowest BCUT2D eigenvalue weighted by Gasteiger charge is -2.39. The molecule has 2 N–H and O–H groups in total. The Bertz CT molecular complexity index is 823. The lowest BCUT2D eigenvalue weighted by molar-refractivity contribution is -0.154. The van der Waals surface area contributed by atoms with E-state index in [9.17, 15) is 14.7 Å². The summed E-state index contributed by atoms with van der Waals surface area (Å²) < 4.78 is 0. The Morgan fingerprint density at radius 1 is 1.40 bits per heavy atom. The lowest BCUT2D eigenvalue weighted by Crippen LogP contribution is -2.50. The molecule has 0 spiro atoms. The summed E-state index contributed by atoms with van der Waals surface area (Å²) in [4.78, 5) is 29.7. The van der Waals surface area contributed by atoms with Crippen molar-refractivity contribution < 1.29 is 14.7 Å². The average molecular weight is 340 g/mol. The number of para-hydroxylation sites is 1. The molecule has 2 heterocycles. The first-order chi connectivity index (χ1) is 12.0. The number of hydrogen-bond donors (Lipinski definition) is 2. The molecule has 1 unspecified atom stereocenters. The van der Waals surface area contributed by atoms with Crippen LogP contribution in [0.5, 0.6) is 0 Å². The second-order valence-electron chi connectivity index (χ2n) is 6.95. The van der Waals surface area contributed by atoms with E-state index in [1.165, 1.54) is 0 Å². The highest BCUT2D eigenvalue weighted by molar-refractivity contribution is 5.90. The summed E-state index contributed by atoms with van der Waals surface area (Å²) in [7, 11) is 0. The maximum Gasteiger partial charge on any atom is 0.311 e. The van der Waals surface area contributed by atoms with Gasteiger partial charge in [-0.05, 0) is 37.8 Å². The highest BCUT2D eigenvalue weighted by Gasteiger charge is 2.42. The number of amides is 1. The zero-order chi connectivity index (χ0) is 18.0. The van der Waals surface area contributed by atoms with E-state index in [0.717, 1.165) is 22.2 Å². The molecule has 0 bridgehead atoms. The number of nitrogens with zero attached hydrogens (tertiary/aromatic N) is 1. The van der Waals surface area contributed by atoms with Gasteiger partial charge in [-0.15, -0.1) is 6.58 Å². The number of aryl methyl sites for hydroxylation is 1. The number of aromatic amines is 1. The average Bonchev–Trinajstić information content (AvgIpc) is 2.91. The van der Waals surface area contributed by atoms with E-state index < -0.39 is 11.4 Å². The highest BCUT2D eigenvalue weighted by atomic mass is 16.4.